The largest absolute Gasteiger partial charge is 0.371 e. The van der Waals surface area contributed by atoms with Gasteiger partial charge in [0.1, 0.15) is 0 Å². The molecule has 2 saturated heterocycles. The van der Waals surface area contributed by atoms with Gasteiger partial charge in [-0.05, 0) is 61.7 Å². The summed E-state index contributed by atoms with van der Waals surface area (Å²) in [7, 11) is -0.624. The van der Waals surface area contributed by atoms with E-state index in [4.69, 9.17) is 11.6 Å². The SMILES string of the molecule is CN(C)S(=O)(=O)c1ccc(N2CCCCC2)c(C(=O)N2CCN(c3ccc(Cl)cc3)CC2)c1. The minimum Gasteiger partial charge on any atom is -0.371 e. The highest BCUT2D eigenvalue weighted by Gasteiger charge is 2.28. The minimum absolute atomic E-state index is 0.109. The minimum atomic E-state index is -3.63. The number of carbonyl (C=O) groups is 1. The molecule has 7 nitrogen and oxygen atoms in total. The molecular formula is C24H31ClN4O3S. The van der Waals surface area contributed by atoms with E-state index in [1.54, 1.807) is 18.2 Å². The second-order valence-electron chi connectivity index (χ2n) is 8.77. The van der Waals surface area contributed by atoms with Crippen LogP contribution in [0.4, 0.5) is 11.4 Å². The molecule has 0 spiro atoms. The van der Waals surface area contributed by atoms with Crippen molar-refractivity contribution in [1.29, 1.82) is 0 Å². The lowest BCUT2D eigenvalue weighted by molar-refractivity contribution is 0.0747. The van der Waals surface area contributed by atoms with Crippen molar-refractivity contribution >= 4 is 38.9 Å². The summed E-state index contributed by atoms with van der Waals surface area (Å²) in [5, 5.41) is 0.699. The molecule has 1 amide bonds. The number of benzene rings is 2. The molecule has 0 N–H and O–H groups in total. The number of halogens is 1. The maximum absolute atomic E-state index is 13.7. The Kier molecular flexibility index (Phi) is 7.16. The highest BCUT2D eigenvalue weighted by atomic mass is 35.5. The number of amides is 1. The Morgan fingerprint density at radius 2 is 1.48 bits per heavy atom. The van der Waals surface area contributed by atoms with Crippen LogP contribution < -0.4 is 9.80 Å². The number of nitrogens with zero attached hydrogens (tertiary/aromatic N) is 4. The van der Waals surface area contributed by atoms with Gasteiger partial charge in [0, 0.05) is 69.8 Å². The molecule has 33 heavy (non-hydrogen) atoms. The van der Waals surface area contributed by atoms with Crippen LogP contribution in [0.1, 0.15) is 29.6 Å². The number of carbonyl (C=O) groups excluding carboxylic acids is 1. The summed E-state index contributed by atoms with van der Waals surface area (Å²) in [4.78, 5) is 20.1. The Labute approximate surface area is 201 Å². The number of piperazine rings is 1. The zero-order chi connectivity index (χ0) is 23.6. The average Bonchev–Trinajstić information content (AvgIpc) is 2.84. The molecule has 0 atom stereocenters. The lowest BCUT2D eigenvalue weighted by atomic mass is 10.1. The number of piperidine rings is 1. The Morgan fingerprint density at radius 1 is 0.848 bits per heavy atom. The van der Waals surface area contributed by atoms with Crippen molar-refractivity contribution in [3.63, 3.8) is 0 Å². The van der Waals surface area contributed by atoms with Crippen molar-refractivity contribution in [3.05, 3.63) is 53.1 Å². The first-order chi connectivity index (χ1) is 15.8. The molecule has 0 bridgehead atoms. The summed E-state index contributed by atoms with van der Waals surface area (Å²) in [6.07, 6.45) is 3.33. The summed E-state index contributed by atoms with van der Waals surface area (Å²) in [5.41, 5.74) is 2.39. The highest BCUT2D eigenvalue weighted by molar-refractivity contribution is 7.89. The Bertz CT molecular complexity index is 1090. The van der Waals surface area contributed by atoms with E-state index in [1.165, 1.54) is 24.8 Å². The lowest BCUT2D eigenvalue weighted by Gasteiger charge is -2.37. The zero-order valence-electron chi connectivity index (χ0n) is 19.2. The Balaban J connectivity index is 1.59. The molecule has 9 heteroatoms. The normalized spacial score (nSPS) is 17.5. The lowest BCUT2D eigenvalue weighted by Crippen LogP contribution is -2.49. The van der Waals surface area contributed by atoms with Crippen LogP contribution in [-0.4, -0.2) is 76.9 Å². The van der Waals surface area contributed by atoms with Gasteiger partial charge >= 0.3 is 0 Å². The zero-order valence-corrected chi connectivity index (χ0v) is 20.8. The van der Waals surface area contributed by atoms with E-state index < -0.39 is 10.0 Å². The second-order valence-corrected chi connectivity index (χ2v) is 11.4. The first-order valence-corrected chi connectivity index (χ1v) is 13.2. The number of hydrogen-bond acceptors (Lipinski definition) is 5. The van der Waals surface area contributed by atoms with Gasteiger partial charge in [-0.1, -0.05) is 11.6 Å². The van der Waals surface area contributed by atoms with Gasteiger partial charge < -0.3 is 14.7 Å². The van der Waals surface area contributed by atoms with Gasteiger partial charge in [0.2, 0.25) is 10.0 Å². The molecule has 2 aromatic carbocycles. The summed E-state index contributed by atoms with van der Waals surface area (Å²) in [6, 6.07) is 12.7. The summed E-state index contributed by atoms with van der Waals surface area (Å²) in [6.45, 7) is 4.33. The smallest absolute Gasteiger partial charge is 0.256 e. The third-order valence-corrected chi connectivity index (χ3v) is 8.50. The van der Waals surface area contributed by atoms with Gasteiger partial charge in [-0.25, -0.2) is 12.7 Å². The fourth-order valence-electron chi connectivity index (χ4n) is 4.46. The third kappa shape index (κ3) is 5.13. The third-order valence-electron chi connectivity index (χ3n) is 6.43. The quantitative estimate of drug-likeness (QED) is 0.641. The maximum Gasteiger partial charge on any atom is 0.256 e. The van der Waals surface area contributed by atoms with Crippen molar-refractivity contribution in [1.82, 2.24) is 9.21 Å². The van der Waals surface area contributed by atoms with Crippen LogP contribution in [0.5, 0.6) is 0 Å². The fraction of sp³-hybridized carbons (Fsp3) is 0.458. The number of anilines is 2. The van der Waals surface area contributed by atoms with E-state index in [-0.39, 0.29) is 10.8 Å². The van der Waals surface area contributed by atoms with Gasteiger partial charge in [-0.3, -0.25) is 4.79 Å². The second kappa shape index (κ2) is 9.91. The van der Waals surface area contributed by atoms with Crippen molar-refractivity contribution < 1.29 is 13.2 Å². The van der Waals surface area contributed by atoms with Crippen molar-refractivity contribution in [2.24, 2.45) is 0 Å². The van der Waals surface area contributed by atoms with Crippen molar-refractivity contribution in [2.75, 3.05) is 63.2 Å². The molecule has 0 aromatic heterocycles. The van der Waals surface area contributed by atoms with Crippen LogP contribution in [-0.2, 0) is 10.0 Å². The van der Waals surface area contributed by atoms with E-state index in [1.807, 2.05) is 29.2 Å². The fourth-order valence-corrected chi connectivity index (χ4v) is 5.51. The summed E-state index contributed by atoms with van der Waals surface area (Å²) in [5.74, 6) is -0.109. The molecular weight excluding hydrogens is 460 g/mol. The molecule has 0 aliphatic carbocycles. The van der Waals surface area contributed by atoms with Crippen LogP contribution in [0.2, 0.25) is 5.02 Å². The predicted molar refractivity (Wildman–Crippen MR) is 133 cm³/mol. The monoisotopic (exact) mass is 490 g/mol. The topological polar surface area (TPSA) is 64.2 Å². The van der Waals surface area contributed by atoms with E-state index >= 15 is 0 Å². The average molecular weight is 491 g/mol. The Hall–Kier alpha value is -2.29. The molecule has 0 unspecified atom stereocenters. The number of sulfonamides is 1. The van der Waals surface area contributed by atoms with Gasteiger partial charge in [-0.15, -0.1) is 0 Å². The van der Waals surface area contributed by atoms with Gasteiger partial charge in [0.25, 0.3) is 5.91 Å². The van der Waals surface area contributed by atoms with Crippen molar-refractivity contribution in [2.45, 2.75) is 24.2 Å². The molecule has 2 aliphatic rings. The summed E-state index contributed by atoms with van der Waals surface area (Å²) >= 11 is 6.01. The first kappa shape index (κ1) is 23.9. The Morgan fingerprint density at radius 3 is 2.09 bits per heavy atom. The van der Waals surface area contributed by atoms with Gasteiger partial charge in [0.05, 0.1) is 10.5 Å². The van der Waals surface area contributed by atoms with Gasteiger partial charge in [-0.2, -0.15) is 0 Å². The van der Waals surface area contributed by atoms with E-state index in [2.05, 4.69) is 9.80 Å². The van der Waals surface area contributed by atoms with Crippen molar-refractivity contribution in [3.8, 4) is 0 Å². The number of hydrogen-bond donors (Lipinski definition) is 0. The standard InChI is InChI=1S/C24H31ClN4O3S/c1-26(2)33(31,32)21-10-11-23(28-12-4-3-5-13-28)22(18-21)24(30)29-16-14-27(15-17-29)20-8-6-19(25)7-9-20/h6-11,18H,3-5,12-17H2,1-2H3. The first-order valence-electron chi connectivity index (χ1n) is 11.4. The molecule has 2 fully saturated rings. The molecule has 0 saturated carbocycles. The highest BCUT2D eigenvalue weighted by Crippen LogP contribution is 2.29. The maximum atomic E-state index is 13.7. The molecule has 178 valence electrons. The molecule has 4 rings (SSSR count). The molecule has 2 aromatic rings. The van der Waals surface area contributed by atoms with Crippen LogP contribution in [0.25, 0.3) is 0 Å². The van der Waals surface area contributed by atoms with Crippen LogP contribution in [0.3, 0.4) is 0 Å². The van der Waals surface area contributed by atoms with Crippen LogP contribution >= 0.6 is 11.6 Å². The van der Waals surface area contributed by atoms with Crippen LogP contribution in [0.15, 0.2) is 47.4 Å². The van der Waals surface area contributed by atoms with Gasteiger partial charge in [0.15, 0.2) is 0 Å². The summed E-state index contributed by atoms with van der Waals surface area (Å²) < 4.78 is 26.7. The van der Waals surface area contributed by atoms with E-state index in [0.717, 1.165) is 37.3 Å². The molecule has 0 radical (unpaired) electrons. The number of rotatable bonds is 5. The molecule has 2 aliphatic heterocycles. The molecule has 2 heterocycles. The van der Waals surface area contributed by atoms with E-state index in [0.29, 0.717) is 36.8 Å². The predicted octanol–water partition coefficient (Wildman–Crippen LogP) is 3.54. The van der Waals surface area contributed by atoms with E-state index in [9.17, 15) is 13.2 Å². The van der Waals surface area contributed by atoms with Crippen LogP contribution in [0, 0.1) is 0 Å².